The number of furan rings is 1. The summed E-state index contributed by atoms with van der Waals surface area (Å²) in [6.45, 7) is 2.00. The lowest BCUT2D eigenvalue weighted by atomic mass is 10.0. The van der Waals surface area contributed by atoms with Crippen molar-refractivity contribution in [3.05, 3.63) is 59.0 Å². The smallest absolute Gasteiger partial charge is 0.287 e. The van der Waals surface area contributed by atoms with Crippen molar-refractivity contribution in [2.75, 3.05) is 0 Å². The topological polar surface area (TPSA) is 42.2 Å². The van der Waals surface area contributed by atoms with Crippen LogP contribution in [0.15, 0.2) is 41.0 Å². The minimum Gasteiger partial charge on any atom is -0.459 e. The molecule has 3 nitrogen and oxygen atoms in total. The Labute approximate surface area is 112 Å². The molecule has 3 rings (SSSR count). The van der Waals surface area contributed by atoms with E-state index < -0.39 is 0 Å². The Bertz CT molecular complexity index is 587. The maximum Gasteiger partial charge on any atom is 0.287 e. The molecule has 1 atom stereocenters. The summed E-state index contributed by atoms with van der Waals surface area (Å²) in [7, 11) is 0. The van der Waals surface area contributed by atoms with E-state index in [2.05, 4.69) is 23.5 Å². The van der Waals surface area contributed by atoms with Gasteiger partial charge in [0.25, 0.3) is 5.91 Å². The number of benzene rings is 1. The number of hydrogen-bond donors (Lipinski definition) is 1. The standard InChI is InChI=1S/C16H17NO2/c1-11(17-16(18)15-6-3-9-19-15)13-8-7-12-4-2-5-14(12)10-13/h3,6-11H,2,4-5H2,1H3,(H,17,18). The second-order valence-electron chi connectivity index (χ2n) is 5.05. The van der Waals surface area contributed by atoms with Gasteiger partial charge in [0, 0.05) is 0 Å². The molecular weight excluding hydrogens is 238 g/mol. The van der Waals surface area contributed by atoms with Crippen molar-refractivity contribution < 1.29 is 9.21 Å². The predicted octanol–water partition coefficient (Wildman–Crippen LogP) is 3.26. The SMILES string of the molecule is CC(NC(=O)c1ccco1)c1ccc2c(c1)CCC2. The molecule has 1 aromatic carbocycles. The van der Waals surface area contributed by atoms with Gasteiger partial charge >= 0.3 is 0 Å². The van der Waals surface area contributed by atoms with Crippen LogP contribution in [0.3, 0.4) is 0 Å². The molecule has 1 aliphatic carbocycles. The second kappa shape index (κ2) is 4.92. The van der Waals surface area contributed by atoms with Crippen LogP contribution in [0.5, 0.6) is 0 Å². The van der Waals surface area contributed by atoms with Crippen molar-refractivity contribution >= 4 is 5.91 Å². The minimum absolute atomic E-state index is 0.0106. The van der Waals surface area contributed by atoms with Gasteiger partial charge in [-0.1, -0.05) is 18.2 Å². The third-order valence-electron chi connectivity index (χ3n) is 3.72. The lowest BCUT2D eigenvalue weighted by Crippen LogP contribution is -2.26. The summed E-state index contributed by atoms with van der Waals surface area (Å²) in [4.78, 5) is 11.9. The first kappa shape index (κ1) is 12.0. The molecule has 0 spiro atoms. The first-order valence-corrected chi connectivity index (χ1v) is 6.70. The van der Waals surface area contributed by atoms with E-state index in [0.717, 1.165) is 12.0 Å². The van der Waals surface area contributed by atoms with E-state index >= 15 is 0 Å². The fourth-order valence-corrected chi connectivity index (χ4v) is 2.62. The molecule has 1 aliphatic rings. The van der Waals surface area contributed by atoms with Crippen molar-refractivity contribution in [3.8, 4) is 0 Å². The molecule has 19 heavy (non-hydrogen) atoms. The largest absolute Gasteiger partial charge is 0.459 e. The first-order chi connectivity index (χ1) is 9.24. The Hall–Kier alpha value is -2.03. The molecule has 1 aromatic heterocycles. The van der Waals surface area contributed by atoms with E-state index in [1.165, 1.54) is 30.2 Å². The van der Waals surface area contributed by atoms with Gasteiger partial charge in [0.05, 0.1) is 12.3 Å². The fourth-order valence-electron chi connectivity index (χ4n) is 2.62. The van der Waals surface area contributed by atoms with E-state index in [1.807, 2.05) is 6.92 Å². The minimum atomic E-state index is -0.169. The van der Waals surface area contributed by atoms with Crippen molar-refractivity contribution in [3.63, 3.8) is 0 Å². The summed E-state index contributed by atoms with van der Waals surface area (Å²) in [5.74, 6) is 0.186. The van der Waals surface area contributed by atoms with E-state index in [0.29, 0.717) is 5.76 Å². The third-order valence-corrected chi connectivity index (χ3v) is 3.72. The van der Waals surface area contributed by atoms with Crippen LogP contribution in [0.25, 0.3) is 0 Å². The maximum absolute atomic E-state index is 11.9. The predicted molar refractivity (Wildman–Crippen MR) is 73.1 cm³/mol. The summed E-state index contributed by atoms with van der Waals surface area (Å²) in [6, 6.07) is 9.89. The van der Waals surface area contributed by atoms with Gasteiger partial charge in [-0.15, -0.1) is 0 Å². The fraction of sp³-hybridized carbons (Fsp3) is 0.312. The molecule has 1 N–H and O–H groups in total. The molecule has 0 fully saturated rings. The zero-order valence-corrected chi connectivity index (χ0v) is 11.0. The molecule has 3 heteroatoms. The average Bonchev–Trinajstić information content (AvgIpc) is 3.09. The van der Waals surface area contributed by atoms with Gasteiger partial charge in [0.15, 0.2) is 5.76 Å². The van der Waals surface area contributed by atoms with Crippen LogP contribution >= 0.6 is 0 Å². The van der Waals surface area contributed by atoms with Crippen LogP contribution < -0.4 is 5.32 Å². The summed E-state index contributed by atoms with van der Waals surface area (Å²) in [6.07, 6.45) is 5.09. The molecule has 0 radical (unpaired) electrons. The molecule has 0 bridgehead atoms. The van der Waals surface area contributed by atoms with Gasteiger partial charge in [-0.2, -0.15) is 0 Å². The molecular formula is C16H17NO2. The van der Waals surface area contributed by atoms with Crippen LogP contribution in [-0.2, 0) is 12.8 Å². The lowest BCUT2D eigenvalue weighted by Gasteiger charge is -2.14. The van der Waals surface area contributed by atoms with E-state index in [1.54, 1.807) is 12.1 Å². The summed E-state index contributed by atoms with van der Waals surface area (Å²) in [5.41, 5.74) is 4.03. The summed E-state index contributed by atoms with van der Waals surface area (Å²) in [5, 5.41) is 2.96. The van der Waals surface area contributed by atoms with Crippen LogP contribution in [0, 0.1) is 0 Å². The van der Waals surface area contributed by atoms with Gasteiger partial charge in [0.2, 0.25) is 0 Å². The Balaban J connectivity index is 1.73. The number of amides is 1. The Kier molecular flexibility index (Phi) is 3.11. The van der Waals surface area contributed by atoms with Crippen molar-refractivity contribution in [1.29, 1.82) is 0 Å². The highest BCUT2D eigenvalue weighted by molar-refractivity contribution is 5.91. The highest BCUT2D eigenvalue weighted by atomic mass is 16.3. The molecule has 1 unspecified atom stereocenters. The van der Waals surface area contributed by atoms with Gasteiger partial charge in [0.1, 0.15) is 0 Å². The van der Waals surface area contributed by atoms with Gasteiger partial charge in [-0.25, -0.2) is 0 Å². The Morgan fingerprint density at radius 3 is 2.89 bits per heavy atom. The number of carbonyl (C=O) groups is 1. The lowest BCUT2D eigenvalue weighted by molar-refractivity contribution is 0.0912. The highest BCUT2D eigenvalue weighted by Gasteiger charge is 2.16. The van der Waals surface area contributed by atoms with Crippen LogP contribution in [0.1, 0.15) is 46.6 Å². The maximum atomic E-state index is 11.9. The molecule has 0 saturated carbocycles. The normalized spacial score (nSPS) is 15.0. The zero-order valence-electron chi connectivity index (χ0n) is 11.0. The molecule has 1 amide bonds. The van der Waals surface area contributed by atoms with E-state index in [-0.39, 0.29) is 11.9 Å². The quantitative estimate of drug-likeness (QED) is 0.914. The van der Waals surface area contributed by atoms with Crippen molar-refractivity contribution in [2.24, 2.45) is 0 Å². The molecule has 0 saturated heterocycles. The highest BCUT2D eigenvalue weighted by Crippen LogP contribution is 2.25. The van der Waals surface area contributed by atoms with E-state index in [9.17, 15) is 4.79 Å². The summed E-state index contributed by atoms with van der Waals surface area (Å²) < 4.78 is 5.09. The molecule has 0 aliphatic heterocycles. The number of carbonyl (C=O) groups excluding carboxylic acids is 1. The van der Waals surface area contributed by atoms with Gasteiger partial charge in [-0.05, 0) is 55.0 Å². The second-order valence-corrected chi connectivity index (χ2v) is 5.05. The van der Waals surface area contributed by atoms with Gasteiger partial charge < -0.3 is 9.73 Å². The Morgan fingerprint density at radius 1 is 1.26 bits per heavy atom. The number of aryl methyl sites for hydroxylation is 2. The molecule has 98 valence electrons. The monoisotopic (exact) mass is 255 g/mol. The van der Waals surface area contributed by atoms with E-state index in [4.69, 9.17) is 4.42 Å². The first-order valence-electron chi connectivity index (χ1n) is 6.70. The van der Waals surface area contributed by atoms with Crippen molar-refractivity contribution in [2.45, 2.75) is 32.2 Å². The number of rotatable bonds is 3. The van der Waals surface area contributed by atoms with Crippen LogP contribution in [0.2, 0.25) is 0 Å². The zero-order chi connectivity index (χ0) is 13.2. The van der Waals surface area contributed by atoms with Gasteiger partial charge in [-0.3, -0.25) is 4.79 Å². The average molecular weight is 255 g/mol. The van der Waals surface area contributed by atoms with Crippen LogP contribution in [0.4, 0.5) is 0 Å². The Morgan fingerprint density at radius 2 is 2.11 bits per heavy atom. The van der Waals surface area contributed by atoms with Crippen LogP contribution in [-0.4, -0.2) is 5.91 Å². The summed E-state index contributed by atoms with van der Waals surface area (Å²) >= 11 is 0. The third kappa shape index (κ3) is 2.41. The molecule has 1 heterocycles. The molecule has 2 aromatic rings. The number of fused-ring (bicyclic) bond motifs is 1. The van der Waals surface area contributed by atoms with Crippen molar-refractivity contribution in [1.82, 2.24) is 5.32 Å². The number of nitrogens with one attached hydrogen (secondary N) is 1. The number of hydrogen-bond acceptors (Lipinski definition) is 2.